The van der Waals surface area contributed by atoms with Gasteiger partial charge in [-0.15, -0.1) is 0 Å². The summed E-state index contributed by atoms with van der Waals surface area (Å²) in [6, 6.07) is 2.94. The molecule has 2 aliphatic carbocycles. The van der Waals surface area contributed by atoms with E-state index in [0.29, 0.717) is 11.6 Å². The first-order chi connectivity index (χ1) is 11.1. The number of rotatable bonds is 3. The Morgan fingerprint density at radius 3 is 2.61 bits per heavy atom. The van der Waals surface area contributed by atoms with Crippen LogP contribution in [0.2, 0.25) is 0 Å². The lowest BCUT2D eigenvalue weighted by Crippen LogP contribution is -2.38. The van der Waals surface area contributed by atoms with Gasteiger partial charge in [-0.05, 0) is 47.1 Å². The highest BCUT2D eigenvalue weighted by molar-refractivity contribution is 5.94. The first-order valence-electron chi connectivity index (χ1n) is 8.44. The maximum atomic E-state index is 12.8. The summed E-state index contributed by atoms with van der Waals surface area (Å²) in [4.78, 5) is 28.3. The minimum absolute atomic E-state index is 0.0783. The Labute approximate surface area is 136 Å². The largest absolute Gasteiger partial charge is 0.363 e. The van der Waals surface area contributed by atoms with Crippen molar-refractivity contribution < 1.29 is 9.72 Å². The van der Waals surface area contributed by atoms with Crippen LogP contribution in [0.3, 0.4) is 0 Å². The lowest BCUT2D eigenvalue weighted by Gasteiger charge is -2.39. The molecule has 23 heavy (non-hydrogen) atoms. The molecule has 0 aliphatic heterocycles. The lowest BCUT2D eigenvalue weighted by atomic mass is 9.67. The van der Waals surface area contributed by atoms with Gasteiger partial charge in [0.25, 0.3) is 0 Å². The third kappa shape index (κ3) is 3.35. The van der Waals surface area contributed by atoms with Gasteiger partial charge in [0.05, 0.1) is 5.69 Å². The van der Waals surface area contributed by atoms with Crippen LogP contribution in [0, 0.1) is 27.9 Å². The third-order valence-electron chi connectivity index (χ3n) is 5.53. The van der Waals surface area contributed by atoms with Crippen LogP contribution in [0.25, 0.3) is 0 Å². The molecule has 124 valence electrons. The fourth-order valence-corrected chi connectivity index (χ4v) is 4.18. The summed E-state index contributed by atoms with van der Waals surface area (Å²) in [5.74, 6) is 1.52. The van der Waals surface area contributed by atoms with E-state index < -0.39 is 4.92 Å². The van der Waals surface area contributed by atoms with Crippen molar-refractivity contribution in [2.75, 3.05) is 11.9 Å². The molecule has 2 aliphatic rings. The number of carbonyl (C=O) groups is 1. The summed E-state index contributed by atoms with van der Waals surface area (Å²) in [6.45, 7) is 0. The summed E-state index contributed by atoms with van der Waals surface area (Å²) in [7, 11) is 1.73. The van der Waals surface area contributed by atoms with Gasteiger partial charge in [0.2, 0.25) is 5.91 Å². The van der Waals surface area contributed by atoms with E-state index in [9.17, 15) is 14.9 Å². The van der Waals surface area contributed by atoms with Crippen LogP contribution in [0.15, 0.2) is 18.3 Å². The van der Waals surface area contributed by atoms with Gasteiger partial charge in [0, 0.05) is 19.0 Å². The Balaban J connectivity index is 1.66. The van der Waals surface area contributed by atoms with E-state index in [1.165, 1.54) is 37.9 Å². The van der Waals surface area contributed by atoms with Crippen molar-refractivity contribution in [3.8, 4) is 0 Å². The molecule has 0 N–H and O–H groups in total. The zero-order valence-corrected chi connectivity index (χ0v) is 13.5. The van der Waals surface area contributed by atoms with Gasteiger partial charge in [-0.25, -0.2) is 0 Å². The molecule has 1 aromatic heterocycles. The molecule has 1 amide bonds. The SMILES string of the molecule is CN(C(=O)C1CCC2CCCCC2C1)c1ccc([N+](=O)[O-])nc1. The van der Waals surface area contributed by atoms with Crippen molar-refractivity contribution in [1.29, 1.82) is 0 Å². The van der Waals surface area contributed by atoms with Crippen molar-refractivity contribution in [2.45, 2.75) is 44.9 Å². The molecule has 0 radical (unpaired) electrons. The van der Waals surface area contributed by atoms with Crippen LogP contribution in [0.5, 0.6) is 0 Å². The fraction of sp³-hybridized carbons (Fsp3) is 0.647. The topological polar surface area (TPSA) is 76.3 Å². The summed E-state index contributed by atoms with van der Waals surface area (Å²) in [5, 5.41) is 10.7. The van der Waals surface area contributed by atoms with Gasteiger partial charge >= 0.3 is 5.82 Å². The smallest absolute Gasteiger partial charge is 0.358 e. The number of pyridine rings is 1. The molecular formula is C17H23N3O3. The van der Waals surface area contributed by atoms with Crippen LogP contribution in [-0.4, -0.2) is 22.9 Å². The number of anilines is 1. The molecular weight excluding hydrogens is 294 g/mol. The van der Waals surface area contributed by atoms with Crippen LogP contribution in [0.1, 0.15) is 44.9 Å². The van der Waals surface area contributed by atoms with Gasteiger partial charge in [-0.3, -0.25) is 4.79 Å². The van der Waals surface area contributed by atoms with Crippen molar-refractivity contribution >= 4 is 17.4 Å². The van der Waals surface area contributed by atoms with Gasteiger partial charge in [0.15, 0.2) is 6.20 Å². The molecule has 1 heterocycles. The Kier molecular flexibility index (Phi) is 4.59. The predicted octanol–water partition coefficient (Wildman–Crippen LogP) is 3.56. The van der Waals surface area contributed by atoms with Crippen LogP contribution >= 0.6 is 0 Å². The van der Waals surface area contributed by atoms with E-state index in [-0.39, 0.29) is 17.6 Å². The van der Waals surface area contributed by atoms with Gasteiger partial charge < -0.3 is 15.0 Å². The van der Waals surface area contributed by atoms with E-state index in [1.54, 1.807) is 18.0 Å². The highest BCUT2D eigenvalue weighted by Gasteiger charge is 2.36. The number of aromatic nitrogens is 1. The highest BCUT2D eigenvalue weighted by Crippen LogP contribution is 2.43. The first kappa shape index (κ1) is 15.9. The summed E-state index contributed by atoms with van der Waals surface area (Å²) in [6.07, 6.45) is 9.75. The second-order valence-electron chi connectivity index (χ2n) is 6.84. The maximum absolute atomic E-state index is 12.8. The average Bonchev–Trinajstić information content (AvgIpc) is 2.60. The van der Waals surface area contributed by atoms with E-state index in [2.05, 4.69) is 4.98 Å². The minimum atomic E-state index is -0.532. The summed E-state index contributed by atoms with van der Waals surface area (Å²) < 4.78 is 0. The first-order valence-corrected chi connectivity index (χ1v) is 8.44. The number of carbonyl (C=O) groups excluding carboxylic acids is 1. The van der Waals surface area contributed by atoms with Crippen molar-refractivity contribution in [3.63, 3.8) is 0 Å². The molecule has 3 atom stereocenters. The molecule has 1 aromatic rings. The maximum Gasteiger partial charge on any atom is 0.363 e. The zero-order valence-electron chi connectivity index (χ0n) is 13.5. The average molecular weight is 317 g/mol. The molecule has 6 nitrogen and oxygen atoms in total. The minimum Gasteiger partial charge on any atom is -0.358 e. The predicted molar refractivity (Wildman–Crippen MR) is 87.1 cm³/mol. The van der Waals surface area contributed by atoms with Crippen molar-refractivity contribution in [3.05, 3.63) is 28.4 Å². The molecule has 2 saturated carbocycles. The van der Waals surface area contributed by atoms with Gasteiger partial charge in [-0.2, -0.15) is 0 Å². The van der Waals surface area contributed by atoms with E-state index in [1.807, 2.05) is 0 Å². The molecule has 0 saturated heterocycles. The van der Waals surface area contributed by atoms with Crippen LogP contribution < -0.4 is 4.90 Å². The third-order valence-corrected chi connectivity index (χ3v) is 5.53. The van der Waals surface area contributed by atoms with Crippen LogP contribution in [-0.2, 0) is 4.79 Å². The van der Waals surface area contributed by atoms with Crippen molar-refractivity contribution in [1.82, 2.24) is 4.98 Å². The normalized spacial score (nSPS) is 27.1. The Morgan fingerprint density at radius 2 is 1.96 bits per heavy atom. The van der Waals surface area contributed by atoms with Gasteiger partial charge in [-0.1, -0.05) is 25.7 Å². The van der Waals surface area contributed by atoms with E-state index >= 15 is 0 Å². The fourth-order valence-electron chi connectivity index (χ4n) is 4.18. The second kappa shape index (κ2) is 6.64. The van der Waals surface area contributed by atoms with Gasteiger partial charge in [0.1, 0.15) is 0 Å². The van der Waals surface area contributed by atoms with E-state index in [0.717, 1.165) is 25.2 Å². The van der Waals surface area contributed by atoms with E-state index in [4.69, 9.17) is 0 Å². The molecule has 0 aromatic carbocycles. The van der Waals surface area contributed by atoms with Crippen LogP contribution in [0.4, 0.5) is 11.5 Å². The van der Waals surface area contributed by atoms with Crippen molar-refractivity contribution in [2.24, 2.45) is 17.8 Å². The lowest BCUT2D eigenvalue weighted by molar-refractivity contribution is -0.389. The standard InChI is InChI=1S/C17H23N3O3/c1-19(15-8-9-16(18-11-15)20(22)23)17(21)14-7-6-12-4-2-3-5-13(12)10-14/h8-9,11-14H,2-7,10H2,1H3. The molecule has 0 bridgehead atoms. The monoisotopic (exact) mass is 317 g/mol. The number of fused-ring (bicyclic) bond motifs is 1. The quantitative estimate of drug-likeness (QED) is 0.631. The summed E-state index contributed by atoms with van der Waals surface area (Å²) in [5.41, 5.74) is 0.617. The zero-order chi connectivity index (χ0) is 16.4. The Hall–Kier alpha value is -1.98. The molecule has 6 heteroatoms. The summed E-state index contributed by atoms with van der Waals surface area (Å²) >= 11 is 0. The molecule has 3 unspecified atom stereocenters. The Morgan fingerprint density at radius 1 is 1.22 bits per heavy atom. The number of nitrogens with zero attached hydrogens (tertiary/aromatic N) is 3. The molecule has 0 spiro atoms. The number of amides is 1. The number of hydrogen-bond donors (Lipinski definition) is 0. The second-order valence-corrected chi connectivity index (χ2v) is 6.84. The molecule has 2 fully saturated rings. The molecule has 3 rings (SSSR count). The number of hydrogen-bond acceptors (Lipinski definition) is 4. The number of nitro groups is 1. The highest BCUT2D eigenvalue weighted by atomic mass is 16.6. The Bertz CT molecular complexity index is 587.